The summed E-state index contributed by atoms with van der Waals surface area (Å²) < 4.78 is 38.5. The second-order valence-electron chi connectivity index (χ2n) is 8.11. The number of para-hydroxylation sites is 1. The molecular weight excluding hydrogens is 419 g/mol. The summed E-state index contributed by atoms with van der Waals surface area (Å²) in [5.41, 5.74) is 8.55. The van der Waals surface area contributed by atoms with Gasteiger partial charge >= 0.3 is 6.18 Å². The van der Waals surface area contributed by atoms with Crippen molar-refractivity contribution in [1.82, 2.24) is 14.9 Å². The highest BCUT2D eigenvalue weighted by Crippen LogP contribution is 2.34. The minimum absolute atomic E-state index is 0.106. The number of H-pyrrole nitrogens is 1. The molecule has 1 aromatic carbocycles. The van der Waals surface area contributed by atoms with Crippen molar-refractivity contribution in [2.24, 2.45) is 16.6 Å². The number of amidine groups is 1. The van der Waals surface area contributed by atoms with E-state index in [-0.39, 0.29) is 24.1 Å². The van der Waals surface area contributed by atoms with Crippen LogP contribution in [0.2, 0.25) is 0 Å². The van der Waals surface area contributed by atoms with E-state index < -0.39 is 12.1 Å². The minimum Gasteiger partial charge on any atom is -0.382 e. The Hall–Kier alpha value is -3.20. The molecule has 1 fully saturated rings. The topological polar surface area (TPSA) is 87.4 Å². The van der Waals surface area contributed by atoms with E-state index in [2.05, 4.69) is 15.0 Å². The summed E-state index contributed by atoms with van der Waals surface area (Å²) in [4.78, 5) is 26.4. The van der Waals surface area contributed by atoms with Gasteiger partial charge in [0.25, 0.3) is 0 Å². The molecule has 9 heteroatoms. The minimum atomic E-state index is -4.11. The summed E-state index contributed by atoms with van der Waals surface area (Å²) in [6.07, 6.45) is -2.21. The van der Waals surface area contributed by atoms with E-state index in [0.29, 0.717) is 47.6 Å². The van der Waals surface area contributed by atoms with E-state index in [0.717, 1.165) is 5.56 Å². The smallest absolute Gasteiger partial charge is 0.382 e. The first-order chi connectivity index (χ1) is 15.2. The van der Waals surface area contributed by atoms with Crippen molar-refractivity contribution >= 4 is 22.6 Å². The van der Waals surface area contributed by atoms with Crippen LogP contribution in [0.1, 0.15) is 29.7 Å². The molecule has 0 atom stereocenters. The summed E-state index contributed by atoms with van der Waals surface area (Å²) in [6, 6.07) is 10.7. The summed E-state index contributed by atoms with van der Waals surface area (Å²) in [5, 5.41) is 0.586. The molecule has 0 bridgehead atoms. The van der Waals surface area contributed by atoms with Gasteiger partial charge in [-0.25, -0.2) is 9.98 Å². The fourth-order valence-electron chi connectivity index (χ4n) is 4.02. The third-order valence-corrected chi connectivity index (χ3v) is 5.90. The van der Waals surface area contributed by atoms with Crippen molar-refractivity contribution in [3.63, 3.8) is 0 Å². The van der Waals surface area contributed by atoms with Gasteiger partial charge in [0.15, 0.2) is 11.2 Å². The predicted octanol–water partition coefficient (Wildman–Crippen LogP) is 4.04. The highest BCUT2D eigenvalue weighted by Gasteiger charge is 2.40. The SMILES string of the molecule is Cc1c(C(N)=Nc2ccc(CN3CCC(C(F)(F)F)CC3)cn2)[nH]c2ccccc2c1=O. The fourth-order valence-corrected chi connectivity index (χ4v) is 4.02. The Morgan fingerprint density at radius 2 is 1.94 bits per heavy atom. The van der Waals surface area contributed by atoms with Crippen LogP contribution in [-0.2, 0) is 6.54 Å². The Balaban J connectivity index is 1.46. The van der Waals surface area contributed by atoms with E-state index in [4.69, 9.17) is 5.73 Å². The lowest BCUT2D eigenvalue weighted by Gasteiger charge is -2.32. The molecule has 0 amide bonds. The maximum absolute atomic E-state index is 12.8. The highest BCUT2D eigenvalue weighted by molar-refractivity contribution is 6.00. The lowest BCUT2D eigenvalue weighted by atomic mass is 9.96. The van der Waals surface area contributed by atoms with Crippen LogP contribution in [0, 0.1) is 12.8 Å². The zero-order valence-corrected chi connectivity index (χ0v) is 17.6. The Bertz CT molecular complexity index is 1190. The number of nitrogens with zero attached hydrogens (tertiary/aromatic N) is 3. The number of aromatic amines is 1. The van der Waals surface area contributed by atoms with E-state index >= 15 is 0 Å². The molecule has 0 aliphatic carbocycles. The molecule has 32 heavy (non-hydrogen) atoms. The van der Waals surface area contributed by atoms with Crippen LogP contribution < -0.4 is 11.2 Å². The number of nitrogens with one attached hydrogen (secondary N) is 1. The molecule has 0 saturated carbocycles. The van der Waals surface area contributed by atoms with Crippen LogP contribution >= 0.6 is 0 Å². The molecule has 4 rings (SSSR count). The second-order valence-corrected chi connectivity index (χ2v) is 8.11. The van der Waals surface area contributed by atoms with Crippen molar-refractivity contribution in [3.05, 3.63) is 69.6 Å². The number of piperidine rings is 1. The molecule has 3 heterocycles. The van der Waals surface area contributed by atoms with Crippen molar-refractivity contribution < 1.29 is 13.2 Å². The van der Waals surface area contributed by atoms with E-state index in [1.165, 1.54) is 0 Å². The van der Waals surface area contributed by atoms with Gasteiger partial charge in [-0.05, 0) is 56.6 Å². The molecular formula is C23H24F3N5O. The van der Waals surface area contributed by atoms with Gasteiger partial charge < -0.3 is 10.7 Å². The van der Waals surface area contributed by atoms with Crippen molar-refractivity contribution in [3.8, 4) is 0 Å². The summed E-state index contributed by atoms with van der Waals surface area (Å²) in [7, 11) is 0. The highest BCUT2D eigenvalue weighted by atomic mass is 19.4. The molecule has 6 nitrogen and oxygen atoms in total. The van der Waals surface area contributed by atoms with Crippen molar-refractivity contribution in [2.45, 2.75) is 32.5 Å². The molecule has 1 aliphatic rings. The number of benzene rings is 1. The summed E-state index contributed by atoms with van der Waals surface area (Å²) >= 11 is 0. The zero-order valence-electron chi connectivity index (χ0n) is 17.6. The average molecular weight is 443 g/mol. The van der Waals surface area contributed by atoms with Crippen LogP contribution in [0.3, 0.4) is 0 Å². The number of aromatic nitrogens is 2. The average Bonchev–Trinajstić information content (AvgIpc) is 2.77. The van der Waals surface area contributed by atoms with Crippen molar-refractivity contribution in [2.75, 3.05) is 13.1 Å². The number of pyridine rings is 2. The molecule has 1 aliphatic heterocycles. The van der Waals surface area contributed by atoms with Gasteiger partial charge in [-0.15, -0.1) is 0 Å². The molecule has 2 aromatic heterocycles. The van der Waals surface area contributed by atoms with Crippen LogP contribution in [-0.4, -0.2) is 40.0 Å². The largest absolute Gasteiger partial charge is 0.391 e. The number of likely N-dealkylation sites (tertiary alicyclic amines) is 1. The molecule has 3 N–H and O–H groups in total. The monoisotopic (exact) mass is 443 g/mol. The van der Waals surface area contributed by atoms with Gasteiger partial charge in [0.2, 0.25) is 0 Å². The molecule has 0 radical (unpaired) electrons. The van der Waals surface area contributed by atoms with Gasteiger partial charge in [0.05, 0.1) is 11.6 Å². The Kier molecular flexibility index (Phi) is 6.01. The number of aliphatic imine (C=N–C) groups is 1. The van der Waals surface area contributed by atoms with Crippen LogP contribution in [0.15, 0.2) is 52.4 Å². The van der Waals surface area contributed by atoms with Crippen LogP contribution in [0.5, 0.6) is 0 Å². The summed E-state index contributed by atoms with van der Waals surface area (Å²) in [6.45, 7) is 3.05. The molecule has 0 unspecified atom stereocenters. The van der Waals surface area contributed by atoms with E-state index in [1.807, 2.05) is 17.0 Å². The first kappa shape index (κ1) is 22.0. The third-order valence-electron chi connectivity index (χ3n) is 5.90. The Morgan fingerprint density at radius 3 is 2.59 bits per heavy atom. The van der Waals surface area contributed by atoms with E-state index in [9.17, 15) is 18.0 Å². The van der Waals surface area contributed by atoms with Gasteiger partial charge in [0, 0.05) is 29.2 Å². The number of hydrogen-bond acceptors (Lipinski definition) is 4. The fraction of sp³-hybridized carbons (Fsp3) is 0.348. The van der Waals surface area contributed by atoms with Crippen LogP contribution in [0.25, 0.3) is 10.9 Å². The second kappa shape index (κ2) is 8.74. The van der Waals surface area contributed by atoms with E-state index in [1.54, 1.807) is 37.4 Å². The third kappa shape index (κ3) is 4.67. The molecule has 1 saturated heterocycles. The first-order valence-corrected chi connectivity index (χ1v) is 10.4. The number of hydrogen-bond donors (Lipinski definition) is 2. The number of nitrogens with two attached hydrogens (primary N) is 1. The molecule has 0 spiro atoms. The van der Waals surface area contributed by atoms with Gasteiger partial charge in [-0.2, -0.15) is 13.2 Å². The van der Waals surface area contributed by atoms with Gasteiger partial charge in [0.1, 0.15) is 5.84 Å². The first-order valence-electron chi connectivity index (χ1n) is 10.4. The van der Waals surface area contributed by atoms with Gasteiger partial charge in [-0.1, -0.05) is 18.2 Å². The lowest BCUT2D eigenvalue weighted by molar-refractivity contribution is -0.185. The lowest BCUT2D eigenvalue weighted by Crippen LogP contribution is -2.38. The maximum Gasteiger partial charge on any atom is 0.391 e. The number of halogens is 3. The summed E-state index contributed by atoms with van der Waals surface area (Å²) in [5.74, 6) is -0.670. The normalized spacial score (nSPS) is 16.6. The molecule has 3 aromatic rings. The van der Waals surface area contributed by atoms with Crippen molar-refractivity contribution in [1.29, 1.82) is 0 Å². The quantitative estimate of drug-likeness (QED) is 0.471. The van der Waals surface area contributed by atoms with Crippen LogP contribution in [0.4, 0.5) is 19.0 Å². The number of fused-ring (bicyclic) bond motifs is 1. The number of rotatable bonds is 4. The number of alkyl halides is 3. The van der Waals surface area contributed by atoms with Gasteiger partial charge in [-0.3, -0.25) is 9.69 Å². The Morgan fingerprint density at radius 1 is 1.22 bits per heavy atom. The zero-order chi connectivity index (χ0) is 22.9. The maximum atomic E-state index is 12.8. The Labute approximate surface area is 183 Å². The standard InChI is InChI=1S/C23H24F3N5O/c1-14-20(29-18-5-3-2-4-17(18)21(14)32)22(27)30-19-7-6-15(12-28-19)13-31-10-8-16(9-11-31)23(24,25)26/h2-7,12,16H,8-11,13H2,1H3,(H,29,32)(H2,27,28,30). The predicted molar refractivity (Wildman–Crippen MR) is 118 cm³/mol. The molecule has 168 valence electrons.